The number of esters is 1. The smallest absolute Gasteiger partial charge is 0.382 e. The Bertz CT molecular complexity index is 205. The summed E-state index contributed by atoms with van der Waals surface area (Å²) in [6.45, 7) is 4.94. The van der Waals surface area contributed by atoms with Crippen LogP contribution in [0.4, 0.5) is 0 Å². The minimum Gasteiger partial charge on any atom is -0.466 e. The molecule has 0 bridgehead atoms. The maximum atomic E-state index is 10.7. The molecule has 0 aliphatic carbocycles. The van der Waals surface area contributed by atoms with E-state index in [9.17, 15) is 9.59 Å². The van der Waals surface area contributed by atoms with Crippen LogP contribution >= 0.6 is 0 Å². The Labute approximate surface area is 71.2 Å². The van der Waals surface area contributed by atoms with Crippen LogP contribution in [-0.4, -0.2) is 18.4 Å². The molecule has 0 amide bonds. The summed E-state index contributed by atoms with van der Waals surface area (Å²) in [6, 6.07) is 0. The molecule has 4 nitrogen and oxygen atoms in total. The first-order valence-electron chi connectivity index (χ1n) is 3.63. The molecule has 0 fully saturated rings. The van der Waals surface area contributed by atoms with Crippen LogP contribution in [0.25, 0.3) is 0 Å². The minimum absolute atomic E-state index is 0.0673. The first kappa shape index (κ1) is 10.7. The Morgan fingerprint density at radius 1 is 1.42 bits per heavy atom. The molecule has 0 N–H and O–H groups in total. The summed E-state index contributed by atoms with van der Waals surface area (Å²) in [5.74, 6) is -1.48. The zero-order valence-corrected chi connectivity index (χ0v) is 7.42. The van der Waals surface area contributed by atoms with Gasteiger partial charge in [0.25, 0.3) is 5.95 Å². The van der Waals surface area contributed by atoms with Gasteiger partial charge in [0.15, 0.2) is 0 Å². The van der Waals surface area contributed by atoms with Crippen molar-refractivity contribution >= 4 is 11.8 Å². The number of ketones is 1. The quantitative estimate of drug-likeness (QED) is 0.361. The van der Waals surface area contributed by atoms with E-state index < -0.39 is 11.8 Å². The third-order valence-corrected chi connectivity index (χ3v) is 1.00. The molecule has 12 heavy (non-hydrogen) atoms. The maximum absolute atomic E-state index is 10.7. The van der Waals surface area contributed by atoms with Gasteiger partial charge >= 0.3 is 5.97 Å². The van der Waals surface area contributed by atoms with Crippen molar-refractivity contribution in [2.45, 2.75) is 20.8 Å². The molecule has 0 aromatic heterocycles. The summed E-state index contributed by atoms with van der Waals surface area (Å²) < 4.78 is 9.43. The number of carbonyl (C=O) groups is 2. The van der Waals surface area contributed by atoms with Gasteiger partial charge in [0, 0.05) is 6.92 Å². The molecular weight excluding hydrogens is 160 g/mol. The highest BCUT2D eigenvalue weighted by Crippen LogP contribution is 1.99. The number of hydrogen-bond donors (Lipinski definition) is 0. The topological polar surface area (TPSA) is 52.6 Å². The van der Waals surface area contributed by atoms with Gasteiger partial charge in [-0.25, -0.2) is 4.79 Å². The number of ether oxygens (including phenoxy) is 2. The van der Waals surface area contributed by atoms with Crippen molar-refractivity contribution in [1.29, 1.82) is 0 Å². The summed E-state index contributed by atoms with van der Waals surface area (Å²) in [6.07, 6.45) is 1.48. The van der Waals surface area contributed by atoms with Gasteiger partial charge in [-0.2, -0.15) is 0 Å². The lowest BCUT2D eigenvalue weighted by Crippen LogP contribution is -2.14. The van der Waals surface area contributed by atoms with Gasteiger partial charge < -0.3 is 9.47 Å². The van der Waals surface area contributed by atoms with E-state index in [0.717, 1.165) is 6.92 Å². The SMILES string of the molecule is CC=C(OCC)OC(=O)C(C)=O. The standard InChI is InChI=1S/C8H12O4/c1-4-7(11-5-2)12-8(10)6(3)9/h4H,5H2,1-3H3. The van der Waals surface area contributed by atoms with Gasteiger partial charge in [0.05, 0.1) is 6.61 Å². The predicted octanol–water partition coefficient (Wildman–Crippen LogP) is 1.02. The highest BCUT2D eigenvalue weighted by Gasteiger charge is 2.11. The summed E-state index contributed by atoms with van der Waals surface area (Å²) in [4.78, 5) is 21.1. The van der Waals surface area contributed by atoms with Crippen molar-refractivity contribution in [2.24, 2.45) is 0 Å². The van der Waals surface area contributed by atoms with Crippen LogP contribution < -0.4 is 0 Å². The lowest BCUT2D eigenvalue weighted by molar-refractivity contribution is -0.153. The zero-order chi connectivity index (χ0) is 9.56. The molecule has 0 unspecified atom stereocenters. The molecule has 68 valence electrons. The molecule has 0 rings (SSSR count). The number of hydrogen-bond acceptors (Lipinski definition) is 4. The molecule has 0 saturated carbocycles. The van der Waals surface area contributed by atoms with E-state index in [1.165, 1.54) is 6.08 Å². The van der Waals surface area contributed by atoms with Crippen LogP contribution in [0.15, 0.2) is 12.0 Å². The van der Waals surface area contributed by atoms with Crippen LogP contribution in [0, 0.1) is 0 Å². The molecule has 0 atom stereocenters. The Morgan fingerprint density at radius 3 is 2.33 bits per heavy atom. The Kier molecular flexibility index (Phi) is 4.76. The fourth-order valence-electron chi connectivity index (χ4n) is 0.477. The average Bonchev–Trinajstić information content (AvgIpc) is 2.03. The van der Waals surface area contributed by atoms with Crippen molar-refractivity contribution in [3.05, 3.63) is 12.0 Å². The molecule has 0 aromatic carbocycles. The molecule has 0 radical (unpaired) electrons. The van der Waals surface area contributed by atoms with Crippen molar-refractivity contribution in [2.75, 3.05) is 6.61 Å². The summed E-state index contributed by atoms with van der Waals surface area (Å²) >= 11 is 0. The van der Waals surface area contributed by atoms with E-state index in [1.54, 1.807) is 13.8 Å². The number of allylic oxidation sites excluding steroid dienone is 1. The van der Waals surface area contributed by atoms with Crippen LogP contribution in [0.2, 0.25) is 0 Å². The van der Waals surface area contributed by atoms with Crippen LogP contribution in [0.3, 0.4) is 0 Å². The fraction of sp³-hybridized carbons (Fsp3) is 0.500. The first-order chi connectivity index (χ1) is 5.61. The zero-order valence-electron chi connectivity index (χ0n) is 7.42. The van der Waals surface area contributed by atoms with E-state index in [0.29, 0.717) is 6.61 Å². The fourth-order valence-corrected chi connectivity index (χ4v) is 0.477. The van der Waals surface area contributed by atoms with Gasteiger partial charge in [-0.3, -0.25) is 4.79 Å². The second-order valence-corrected chi connectivity index (χ2v) is 1.99. The third-order valence-electron chi connectivity index (χ3n) is 1.00. The highest BCUT2D eigenvalue weighted by atomic mass is 16.7. The van der Waals surface area contributed by atoms with Gasteiger partial charge in [-0.05, 0) is 19.9 Å². The largest absolute Gasteiger partial charge is 0.466 e. The van der Waals surface area contributed by atoms with E-state index >= 15 is 0 Å². The molecule has 0 saturated heterocycles. The van der Waals surface area contributed by atoms with E-state index in [-0.39, 0.29) is 5.95 Å². The second kappa shape index (κ2) is 5.35. The van der Waals surface area contributed by atoms with Crippen LogP contribution in [0.5, 0.6) is 0 Å². The maximum Gasteiger partial charge on any atom is 0.382 e. The van der Waals surface area contributed by atoms with E-state index in [4.69, 9.17) is 4.74 Å². The van der Waals surface area contributed by atoms with Crippen LogP contribution in [0.1, 0.15) is 20.8 Å². The predicted molar refractivity (Wildman–Crippen MR) is 42.2 cm³/mol. The molecule has 0 spiro atoms. The lowest BCUT2D eigenvalue weighted by atomic mass is 10.5. The molecule has 0 aromatic rings. The number of Topliss-reactive ketones (excluding diaryl/α,β-unsaturated/α-hetero) is 1. The Hall–Kier alpha value is -1.32. The minimum atomic E-state index is -0.906. The van der Waals surface area contributed by atoms with E-state index in [2.05, 4.69) is 4.74 Å². The molecular formula is C8H12O4. The average molecular weight is 172 g/mol. The molecule has 0 aliphatic rings. The molecule has 0 aliphatic heterocycles. The Balaban J connectivity index is 4.04. The third kappa shape index (κ3) is 3.75. The normalized spacial score (nSPS) is 10.8. The van der Waals surface area contributed by atoms with Crippen molar-refractivity contribution in [3.8, 4) is 0 Å². The van der Waals surface area contributed by atoms with Gasteiger partial charge in [0.2, 0.25) is 5.78 Å². The van der Waals surface area contributed by atoms with Crippen molar-refractivity contribution < 1.29 is 19.1 Å². The number of rotatable bonds is 4. The molecule has 0 heterocycles. The summed E-state index contributed by atoms with van der Waals surface area (Å²) in [5.41, 5.74) is 0. The summed E-state index contributed by atoms with van der Waals surface area (Å²) in [7, 11) is 0. The van der Waals surface area contributed by atoms with E-state index in [1.807, 2.05) is 0 Å². The Morgan fingerprint density at radius 2 is 2.00 bits per heavy atom. The summed E-state index contributed by atoms with van der Waals surface area (Å²) in [5, 5.41) is 0. The van der Waals surface area contributed by atoms with Crippen LogP contribution in [-0.2, 0) is 19.1 Å². The number of carbonyl (C=O) groups excluding carboxylic acids is 2. The lowest BCUT2D eigenvalue weighted by Gasteiger charge is -2.05. The monoisotopic (exact) mass is 172 g/mol. The molecule has 4 heteroatoms. The highest BCUT2D eigenvalue weighted by molar-refractivity contribution is 6.32. The van der Waals surface area contributed by atoms with Gasteiger partial charge in [-0.1, -0.05) is 0 Å². The van der Waals surface area contributed by atoms with Crippen molar-refractivity contribution in [3.63, 3.8) is 0 Å². The first-order valence-corrected chi connectivity index (χ1v) is 3.63. The van der Waals surface area contributed by atoms with Gasteiger partial charge in [0.1, 0.15) is 0 Å². The van der Waals surface area contributed by atoms with Gasteiger partial charge in [-0.15, -0.1) is 0 Å². The second-order valence-electron chi connectivity index (χ2n) is 1.99. The van der Waals surface area contributed by atoms with Crippen molar-refractivity contribution in [1.82, 2.24) is 0 Å².